The predicted molar refractivity (Wildman–Crippen MR) is 80.9 cm³/mol. The van der Waals surface area contributed by atoms with Gasteiger partial charge in [0.25, 0.3) is 0 Å². The van der Waals surface area contributed by atoms with Crippen LogP contribution in [-0.2, 0) is 4.79 Å². The van der Waals surface area contributed by atoms with E-state index in [1.807, 2.05) is 43.3 Å². The lowest BCUT2D eigenvalue weighted by molar-refractivity contribution is -0.111. The van der Waals surface area contributed by atoms with E-state index in [2.05, 4.69) is 21.2 Å². The van der Waals surface area contributed by atoms with Gasteiger partial charge in [0.15, 0.2) is 0 Å². The van der Waals surface area contributed by atoms with E-state index in [1.54, 1.807) is 23.5 Å². The van der Waals surface area contributed by atoms with E-state index in [0.717, 1.165) is 19.9 Å². The molecule has 0 aliphatic rings. The molecule has 0 saturated carbocycles. The van der Waals surface area contributed by atoms with E-state index < -0.39 is 0 Å². The zero-order valence-electron chi connectivity index (χ0n) is 9.81. The Kier molecular flexibility index (Phi) is 4.33. The van der Waals surface area contributed by atoms with Gasteiger partial charge in [-0.2, -0.15) is 0 Å². The van der Waals surface area contributed by atoms with Crippen LogP contribution < -0.4 is 5.32 Å². The van der Waals surface area contributed by atoms with Crippen LogP contribution >= 0.6 is 27.3 Å². The SMILES string of the molecule is Cc1cccc(NC(=O)/C=C/c2ccc(Br)s2)c1. The van der Waals surface area contributed by atoms with Crippen LogP contribution in [0.15, 0.2) is 46.3 Å². The maximum Gasteiger partial charge on any atom is 0.248 e. The Labute approximate surface area is 118 Å². The molecule has 1 aromatic heterocycles. The van der Waals surface area contributed by atoms with Gasteiger partial charge in [0.2, 0.25) is 5.91 Å². The lowest BCUT2D eigenvalue weighted by atomic mass is 10.2. The number of thiophene rings is 1. The highest BCUT2D eigenvalue weighted by molar-refractivity contribution is 9.11. The first kappa shape index (κ1) is 13.1. The van der Waals surface area contributed by atoms with Gasteiger partial charge in [-0.3, -0.25) is 4.79 Å². The van der Waals surface area contributed by atoms with Gasteiger partial charge >= 0.3 is 0 Å². The first-order valence-corrected chi connectivity index (χ1v) is 7.05. The third-order valence-electron chi connectivity index (χ3n) is 2.28. The number of amides is 1. The van der Waals surface area contributed by atoms with E-state index in [4.69, 9.17) is 0 Å². The van der Waals surface area contributed by atoms with Crippen molar-refractivity contribution >= 4 is 44.9 Å². The molecule has 92 valence electrons. The van der Waals surface area contributed by atoms with Crippen molar-refractivity contribution in [3.8, 4) is 0 Å². The van der Waals surface area contributed by atoms with E-state index in [9.17, 15) is 4.79 Å². The number of carbonyl (C=O) groups excluding carboxylic acids is 1. The molecule has 1 aromatic carbocycles. The second kappa shape index (κ2) is 5.98. The predicted octanol–water partition coefficient (Wildman–Crippen LogP) is 4.47. The molecule has 0 aliphatic carbocycles. The molecule has 0 bridgehead atoms. The van der Waals surface area contributed by atoms with E-state index >= 15 is 0 Å². The fourth-order valence-corrected chi connectivity index (χ4v) is 2.81. The van der Waals surface area contributed by atoms with Crippen molar-refractivity contribution in [1.29, 1.82) is 0 Å². The molecule has 1 amide bonds. The van der Waals surface area contributed by atoms with Crippen LogP contribution in [0, 0.1) is 6.92 Å². The average molecular weight is 322 g/mol. The maximum absolute atomic E-state index is 11.7. The van der Waals surface area contributed by atoms with Crippen LogP contribution in [-0.4, -0.2) is 5.91 Å². The third kappa shape index (κ3) is 3.82. The smallest absolute Gasteiger partial charge is 0.248 e. The number of aryl methyl sites for hydroxylation is 1. The largest absolute Gasteiger partial charge is 0.323 e. The van der Waals surface area contributed by atoms with Gasteiger partial charge in [0.1, 0.15) is 0 Å². The van der Waals surface area contributed by atoms with Crippen LogP contribution in [0.25, 0.3) is 6.08 Å². The molecule has 0 atom stereocenters. The second-order valence-electron chi connectivity index (χ2n) is 3.83. The molecule has 1 N–H and O–H groups in total. The molecule has 2 nitrogen and oxygen atoms in total. The Hall–Kier alpha value is -1.39. The van der Waals surface area contributed by atoms with Crippen molar-refractivity contribution in [1.82, 2.24) is 0 Å². The Morgan fingerprint density at radius 3 is 2.83 bits per heavy atom. The van der Waals surface area contributed by atoms with Crippen molar-refractivity contribution in [2.75, 3.05) is 5.32 Å². The molecule has 0 unspecified atom stereocenters. The fraction of sp³-hybridized carbons (Fsp3) is 0.0714. The van der Waals surface area contributed by atoms with Gasteiger partial charge in [-0.15, -0.1) is 11.3 Å². The molecule has 2 aromatic rings. The van der Waals surface area contributed by atoms with Crippen LogP contribution in [0.4, 0.5) is 5.69 Å². The summed E-state index contributed by atoms with van der Waals surface area (Å²) in [5.41, 5.74) is 1.94. The zero-order valence-corrected chi connectivity index (χ0v) is 12.2. The van der Waals surface area contributed by atoms with Crippen molar-refractivity contribution in [2.24, 2.45) is 0 Å². The van der Waals surface area contributed by atoms with Crippen molar-refractivity contribution in [3.05, 3.63) is 56.7 Å². The normalized spacial score (nSPS) is 10.8. The number of anilines is 1. The monoisotopic (exact) mass is 321 g/mol. The van der Waals surface area contributed by atoms with Gasteiger partial charge in [0.05, 0.1) is 3.79 Å². The van der Waals surface area contributed by atoms with Gasteiger partial charge in [-0.05, 0) is 58.8 Å². The summed E-state index contributed by atoms with van der Waals surface area (Å²) < 4.78 is 1.06. The minimum Gasteiger partial charge on any atom is -0.323 e. The minimum atomic E-state index is -0.120. The quantitative estimate of drug-likeness (QED) is 0.830. The van der Waals surface area contributed by atoms with Crippen molar-refractivity contribution in [3.63, 3.8) is 0 Å². The molecule has 0 aliphatic heterocycles. The summed E-state index contributed by atoms with van der Waals surface area (Å²) in [6.07, 6.45) is 3.35. The summed E-state index contributed by atoms with van der Waals surface area (Å²) in [6.45, 7) is 1.99. The van der Waals surface area contributed by atoms with Crippen LogP contribution in [0.5, 0.6) is 0 Å². The van der Waals surface area contributed by atoms with Crippen molar-refractivity contribution in [2.45, 2.75) is 6.92 Å². The van der Waals surface area contributed by atoms with Crippen LogP contribution in [0.1, 0.15) is 10.4 Å². The van der Waals surface area contributed by atoms with Gasteiger partial charge in [-0.1, -0.05) is 12.1 Å². The number of hydrogen-bond acceptors (Lipinski definition) is 2. The van der Waals surface area contributed by atoms with E-state index in [0.29, 0.717) is 0 Å². The molecule has 0 radical (unpaired) electrons. The summed E-state index contributed by atoms with van der Waals surface area (Å²) in [5.74, 6) is -0.120. The molecular formula is C14H12BrNOS. The molecule has 1 heterocycles. The molecule has 0 saturated heterocycles. The molecule has 4 heteroatoms. The van der Waals surface area contributed by atoms with Gasteiger partial charge < -0.3 is 5.32 Å². The number of carbonyl (C=O) groups is 1. The Morgan fingerprint density at radius 2 is 2.17 bits per heavy atom. The number of benzene rings is 1. The second-order valence-corrected chi connectivity index (χ2v) is 6.33. The molecular weight excluding hydrogens is 310 g/mol. The van der Waals surface area contributed by atoms with Crippen LogP contribution in [0.3, 0.4) is 0 Å². The van der Waals surface area contributed by atoms with E-state index in [1.165, 1.54) is 0 Å². The van der Waals surface area contributed by atoms with Crippen molar-refractivity contribution < 1.29 is 4.79 Å². The first-order chi connectivity index (χ1) is 8.63. The zero-order chi connectivity index (χ0) is 13.0. The number of hydrogen-bond donors (Lipinski definition) is 1. The molecule has 0 fully saturated rings. The minimum absolute atomic E-state index is 0.120. The fourth-order valence-electron chi connectivity index (χ4n) is 1.48. The molecule has 18 heavy (non-hydrogen) atoms. The number of nitrogens with one attached hydrogen (secondary N) is 1. The van der Waals surface area contributed by atoms with Crippen LogP contribution in [0.2, 0.25) is 0 Å². The highest BCUT2D eigenvalue weighted by Crippen LogP contribution is 2.23. The molecule has 0 spiro atoms. The Balaban J connectivity index is 1.98. The Bertz CT molecular complexity index is 589. The standard InChI is InChI=1S/C14H12BrNOS/c1-10-3-2-4-11(9-10)16-14(17)8-6-12-5-7-13(15)18-12/h2-9H,1H3,(H,16,17)/b8-6+. The average Bonchev–Trinajstić information content (AvgIpc) is 2.73. The summed E-state index contributed by atoms with van der Waals surface area (Å²) in [6, 6.07) is 11.7. The summed E-state index contributed by atoms with van der Waals surface area (Å²) in [4.78, 5) is 12.7. The summed E-state index contributed by atoms with van der Waals surface area (Å²) in [7, 11) is 0. The third-order valence-corrected chi connectivity index (χ3v) is 3.87. The summed E-state index contributed by atoms with van der Waals surface area (Å²) in [5, 5.41) is 2.83. The highest BCUT2D eigenvalue weighted by atomic mass is 79.9. The Morgan fingerprint density at radius 1 is 1.33 bits per heavy atom. The summed E-state index contributed by atoms with van der Waals surface area (Å²) >= 11 is 4.97. The lowest BCUT2D eigenvalue weighted by Gasteiger charge is -2.02. The maximum atomic E-state index is 11.7. The first-order valence-electron chi connectivity index (χ1n) is 5.44. The van der Waals surface area contributed by atoms with Gasteiger partial charge in [-0.25, -0.2) is 0 Å². The number of rotatable bonds is 3. The highest BCUT2D eigenvalue weighted by Gasteiger charge is 1.98. The topological polar surface area (TPSA) is 29.1 Å². The number of halogens is 1. The van der Waals surface area contributed by atoms with Gasteiger partial charge in [0, 0.05) is 16.6 Å². The van der Waals surface area contributed by atoms with E-state index in [-0.39, 0.29) is 5.91 Å². The molecule has 2 rings (SSSR count). The lowest BCUT2D eigenvalue weighted by Crippen LogP contribution is -2.07.